The van der Waals surface area contributed by atoms with Crippen molar-refractivity contribution in [2.75, 3.05) is 6.54 Å². The molecule has 1 N–H and O–H groups in total. The van der Waals surface area contributed by atoms with Gasteiger partial charge >= 0.3 is 0 Å². The van der Waals surface area contributed by atoms with E-state index in [4.69, 9.17) is 34.8 Å². The number of halogens is 3. The Balaban J connectivity index is 2.56. The molecule has 0 aliphatic rings. The zero-order valence-corrected chi connectivity index (χ0v) is 14.3. The van der Waals surface area contributed by atoms with E-state index in [1.54, 1.807) is 18.5 Å². The SMILES string of the molecule is CCNC(c1ncc(Cl)cc1Cl)c1c(Cl)cnn1C(C)C. The molecule has 1 unspecified atom stereocenters. The first-order valence-corrected chi connectivity index (χ1v) is 7.86. The fourth-order valence-corrected chi connectivity index (χ4v) is 2.93. The average molecular weight is 348 g/mol. The fourth-order valence-electron chi connectivity index (χ4n) is 2.20. The number of hydrogen-bond donors (Lipinski definition) is 1. The molecule has 0 aliphatic carbocycles. The molecule has 0 radical (unpaired) electrons. The van der Waals surface area contributed by atoms with Crippen LogP contribution in [0.5, 0.6) is 0 Å². The van der Waals surface area contributed by atoms with Gasteiger partial charge in [-0.05, 0) is 26.5 Å². The number of hydrogen-bond acceptors (Lipinski definition) is 3. The number of aromatic nitrogens is 3. The minimum absolute atomic E-state index is 0.180. The van der Waals surface area contributed by atoms with Gasteiger partial charge in [0.1, 0.15) is 0 Å². The highest BCUT2D eigenvalue weighted by molar-refractivity contribution is 6.35. The van der Waals surface area contributed by atoms with Crippen LogP contribution < -0.4 is 5.32 Å². The Morgan fingerprint density at radius 2 is 1.90 bits per heavy atom. The highest BCUT2D eigenvalue weighted by Crippen LogP contribution is 2.33. The molecule has 0 saturated carbocycles. The maximum absolute atomic E-state index is 6.33. The highest BCUT2D eigenvalue weighted by Gasteiger charge is 2.25. The third-order valence-corrected chi connectivity index (χ3v) is 3.87. The quantitative estimate of drug-likeness (QED) is 0.865. The molecule has 2 aromatic heterocycles. The van der Waals surface area contributed by atoms with Crippen LogP contribution >= 0.6 is 34.8 Å². The van der Waals surface area contributed by atoms with Gasteiger partial charge in [-0.25, -0.2) is 0 Å². The third-order valence-electron chi connectivity index (χ3n) is 3.07. The summed E-state index contributed by atoms with van der Waals surface area (Å²) < 4.78 is 1.88. The normalized spacial score (nSPS) is 12.9. The average Bonchev–Trinajstić information content (AvgIpc) is 2.79. The highest BCUT2D eigenvalue weighted by atomic mass is 35.5. The number of rotatable bonds is 5. The number of nitrogens with one attached hydrogen (secondary N) is 1. The standard InChI is InChI=1S/C14H17Cl3N4/c1-4-18-13(12-10(16)5-9(15)6-19-12)14-11(17)7-20-21(14)8(2)3/h5-8,13,18H,4H2,1-3H3. The van der Waals surface area contributed by atoms with Gasteiger partial charge in [-0.1, -0.05) is 41.7 Å². The predicted molar refractivity (Wildman–Crippen MR) is 87.4 cm³/mol. The van der Waals surface area contributed by atoms with Gasteiger partial charge in [0.05, 0.1) is 38.7 Å². The summed E-state index contributed by atoms with van der Waals surface area (Å²) in [6.45, 7) is 6.85. The summed E-state index contributed by atoms with van der Waals surface area (Å²) in [6.07, 6.45) is 3.22. The van der Waals surface area contributed by atoms with Gasteiger partial charge in [0.15, 0.2) is 0 Å². The Hall–Kier alpha value is -0.810. The molecule has 2 heterocycles. The molecule has 0 aliphatic heterocycles. The molecule has 4 nitrogen and oxygen atoms in total. The molecule has 0 fully saturated rings. The Morgan fingerprint density at radius 3 is 2.48 bits per heavy atom. The maximum atomic E-state index is 6.33. The van der Waals surface area contributed by atoms with Crippen molar-refractivity contribution in [3.05, 3.63) is 44.9 Å². The zero-order chi connectivity index (χ0) is 15.6. The first-order chi connectivity index (χ1) is 9.95. The molecule has 2 aromatic rings. The maximum Gasteiger partial charge on any atom is 0.0952 e. The Kier molecular flexibility index (Phi) is 5.49. The van der Waals surface area contributed by atoms with Crippen LogP contribution in [-0.2, 0) is 0 Å². The van der Waals surface area contributed by atoms with Crippen LogP contribution in [0.25, 0.3) is 0 Å². The fraction of sp³-hybridized carbons (Fsp3) is 0.429. The monoisotopic (exact) mass is 346 g/mol. The van der Waals surface area contributed by atoms with Gasteiger partial charge in [0.25, 0.3) is 0 Å². The lowest BCUT2D eigenvalue weighted by atomic mass is 10.1. The van der Waals surface area contributed by atoms with Crippen molar-refractivity contribution >= 4 is 34.8 Å². The topological polar surface area (TPSA) is 42.7 Å². The van der Waals surface area contributed by atoms with Crippen LogP contribution in [0.4, 0.5) is 0 Å². The van der Waals surface area contributed by atoms with Gasteiger partial charge in [-0.3, -0.25) is 9.67 Å². The predicted octanol–water partition coefficient (Wildman–Crippen LogP) is 4.52. The van der Waals surface area contributed by atoms with E-state index >= 15 is 0 Å². The van der Waals surface area contributed by atoms with Crippen LogP contribution in [0, 0.1) is 0 Å². The second-order valence-electron chi connectivity index (χ2n) is 4.93. The Morgan fingerprint density at radius 1 is 1.19 bits per heavy atom. The zero-order valence-electron chi connectivity index (χ0n) is 12.1. The first-order valence-electron chi connectivity index (χ1n) is 6.72. The number of pyridine rings is 1. The van der Waals surface area contributed by atoms with E-state index in [0.29, 0.717) is 20.8 Å². The molecule has 21 heavy (non-hydrogen) atoms. The summed E-state index contributed by atoms with van der Waals surface area (Å²) in [4.78, 5) is 4.37. The van der Waals surface area contributed by atoms with Crippen LogP contribution in [0.2, 0.25) is 15.1 Å². The minimum atomic E-state index is -0.239. The molecule has 1 atom stereocenters. The smallest absolute Gasteiger partial charge is 0.0952 e. The summed E-state index contributed by atoms with van der Waals surface area (Å²) in [6, 6.07) is 1.62. The lowest BCUT2D eigenvalue weighted by Gasteiger charge is -2.22. The van der Waals surface area contributed by atoms with Crippen molar-refractivity contribution in [1.29, 1.82) is 0 Å². The van der Waals surface area contributed by atoms with Crippen molar-refractivity contribution in [3.8, 4) is 0 Å². The summed E-state index contributed by atoms with van der Waals surface area (Å²) in [5.41, 5.74) is 1.54. The van der Waals surface area contributed by atoms with E-state index in [9.17, 15) is 0 Å². The molecule has 0 spiro atoms. The minimum Gasteiger partial charge on any atom is -0.304 e. The van der Waals surface area contributed by atoms with E-state index in [2.05, 4.69) is 15.4 Å². The van der Waals surface area contributed by atoms with Crippen LogP contribution in [0.1, 0.15) is 44.2 Å². The second-order valence-corrected chi connectivity index (χ2v) is 6.18. The summed E-state index contributed by atoms with van der Waals surface area (Å²) in [7, 11) is 0. The van der Waals surface area contributed by atoms with Crippen LogP contribution in [-0.4, -0.2) is 21.3 Å². The van der Waals surface area contributed by atoms with Gasteiger partial charge < -0.3 is 5.32 Å². The second kappa shape index (κ2) is 6.97. The van der Waals surface area contributed by atoms with Gasteiger partial charge in [0.2, 0.25) is 0 Å². The molecule has 0 bridgehead atoms. The van der Waals surface area contributed by atoms with Gasteiger partial charge in [-0.15, -0.1) is 0 Å². The van der Waals surface area contributed by atoms with E-state index < -0.39 is 0 Å². The van der Waals surface area contributed by atoms with Crippen molar-refractivity contribution in [1.82, 2.24) is 20.1 Å². The summed E-state index contributed by atoms with van der Waals surface area (Å²) >= 11 is 18.6. The Labute approximate surface area is 139 Å². The lowest BCUT2D eigenvalue weighted by Crippen LogP contribution is -2.27. The molecule has 0 aromatic carbocycles. The van der Waals surface area contributed by atoms with Gasteiger partial charge in [-0.2, -0.15) is 5.10 Å². The van der Waals surface area contributed by atoms with Crippen molar-refractivity contribution in [2.24, 2.45) is 0 Å². The van der Waals surface area contributed by atoms with E-state index in [1.807, 2.05) is 25.5 Å². The van der Waals surface area contributed by atoms with E-state index in [1.165, 1.54) is 0 Å². The van der Waals surface area contributed by atoms with Crippen LogP contribution in [0.3, 0.4) is 0 Å². The van der Waals surface area contributed by atoms with Gasteiger partial charge in [0, 0.05) is 12.2 Å². The molecule has 7 heteroatoms. The van der Waals surface area contributed by atoms with Crippen molar-refractivity contribution < 1.29 is 0 Å². The molecule has 0 amide bonds. The molecule has 114 valence electrons. The Bertz CT molecular complexity index is 625. The molecular formula is C14H17Cl3N4. The van der Waals surface area contributed by atoms with E-state index in [0.717, 1.165) is 12.2 Å². The molecular weight excluding hydrogens is 331 g/mol. The largest absolute Gasteiger partial charge is 0.304 e. The summed E-state index contributed by atoms with van der Waals surface area (Å²) in [5, 5.41) is 9.29. The first kappa shape index (κ1) is 16.6. The van der Waals surface area contributed by atoms with E-state index in [-0.39, 0.29) is 12.1 Å². The lowest BCUT2D eigenvalue weighted by molar-refractivity contribution is 0.473. The number of nitrogens with zero attached hydrogens (tertiary/aromatic N) is 3. The van der Waals surface area contributed by atoms with Crippen molar-refractivity contribution in [3.63, 3.8) is 0 Å². The third kappa shape index (κ3) is 3.51. The molecule has 0 saturated heterocycles. The van der Waals surface area contributed by atoms with Crippen LogP contribution in [0.15, 0.2) is 18.5 Å². The van der Waals surface area contributed by atoms with Crippen molar-refractivity contribution in [2.45, 2.75) is 32.9 Å². The summed E-state index contributed by atoms with van der Waals surface area (Å²) in [5.74, 6) is 0. The molecule has 2 rings (SSSR count).